The predicted octanol–water partition coefficient (Wildman–Crippen LogP) is 2.11. The summed E-state index contributed by atoms with van der Waals surface area (Å²) in [4.78, 5) is 25.4. The first-order chi connectivity index (χ1) is 12.7. The van der Waals surface area contributed by atoms with Gasteiger partial charge in [0.2, 0.25) is 16.9 Å². The van der Waals surface area contributed by atoms with E-state index in [0.29, 0.717) is 18.7 Å². The summed E-state index contributed by atoms with van der Waals surface area (Å²) in [6.45, 7) is 7.24. The van der Waals surface area contributed by atoms with Gasteiger partial charge in [0, 0.05) is 63.4 Å². The number of aryl methyl sites for hydroxylation is 3. The second kappa shape index (κ2) is 9.07. The van der Waals surface area contributed by atoms with Crippen LogP contribution in [0.2, 0.25) is 0 Å². The van der Waals surface area contributed by atoms with Crippen molar-refractivity contribution >= 4 is 22.6 Å². The molecule has 8 nitrogen and oxygen atoms in total. The predicted molar refractivity (Wildman–Crippen MR) is 99.3 cm³/mol. The first kappa shape index (κ1) is 18.8. The van der Waals surface area contributed by atoms with Crippen molar-refractivity contribution in [3.8, 4) is 0 Å². The molecule has 0 bridgehead atoms. The Hall–Kier alpha value is -2.03. The van der Waals surface area contributed by atoms with Crippen molar-refractivity contribution in [1.29, 1.82) is 0 Å². The lowest BCUT2D eigenvalue weighted by Gasteiger charge is -2.34. The van der Waals surface area contributed by atoms with E-state index in [0.717, 1.165) is 68.6 Å². The molecule has 0 spiro atoms. The van der Waals surface area contributed by atoms with Gasteiger partial charge in [-0.1, -0.05) is 19.0 Å². The third-order valence-electron chi connectivity index (χ3n) is 4.44. The lowest BCUT2D eigenvalue weighted by molar-refractivity contribution is -0.131. The molecule has 0 aromatic carbocycles. The summed E-state index contributed by atoms with van der Waals surface area (Å²) in [5.74, 6) is 2.48. The minimum absolute atomic E-state index is 0.199. The van der Waals surface area contributed by atoms with Crippen LogP contribution in [0.15, 0.2) is 4.52 Å². The molecule has 1 fully saturated rings. The van der Waals surface area contributed by atoms with Gasteiger partial charge in [-0.3, -0.25) is 4.79 Å². The third-order valence-corrected chi connectivity index (χ3v) is 5.26. The Morgan fingerprint density at radius 1 is 1.12 bits per heavy atom. The van der Waals surface area contributed by atoms with Crippen molar-refractivity contribution in [1.82, 2.24) is 24.4 Å². The van der Waals surface area contributed by atoms with E-state index in [-0.39, 0.29) is 5.91 Å². The molecule has 1 aliphatic heterocycles. The van der Waals surface area contributed by atoms with Crippen LogP contribution in [0.4, 0.5) is 5.13 Å². The van der Waals surface area contributed by atoms with Crippen molar-refractivity contribution < 1.29 is 9.32 Å². The smallest absolute Gasteiger partial charge is 0.226 e. The number of piperazine rings is 1. The Morgan fingerprint density at radius 3 is 2.62 bits per heavy atom. The zero-order valence-electron chi connectivity index (χ0n) is 15.5. The molecule has 0 N–H and O–H groups in total. The van der Waals surface area contributed by atoms with E-state index in [4.69, 9.17) is 4.52 Å². The van der Waals surface area contributed by atoms with Crippen molar-refractivity contribution in [2.24, 2.45) is 0 Å². The minimum atomic E-state index is 0.199. The van der Waals surface area contributed by atoms with Gasteiger partial charge in [0.05, 0.1) is 0 Å². The molecule has 2 aromatic rings. The Morgan fingerprint density at radius 2 is 1.92 bits per heavy atom. The molecule has 0 radical (unpaired) electrons. The summed E-state index contributed by atoms with van der Waals surface area (Å²) in [6, 6.07) is 0. The number of nitrogens with zero attached hydrogens (tertiary/aromatic N) is 6. The van der Waals surface area contributed by atoms with Gasteiger partial charge < -0.3 is 14.3 Å². The second-order valence-corrected chi connectivity index (χ2v) is 7.15. The molecule has 1 amide bonds. The molecule has 142 valence electrons. The zero-order valence-corrected chi connectivity index (χ0v) is 16.3. The van der Waals surface area contributed by atoms with Crippen LogP contribution in [0.1, 0.15) is 50.6 Å². The van der Waals surface area contributed by atoms with Gasteiger partial charge in [-0.2, -0.15) is 9.36 Å². The number of aromatic nitrogens is 4. The van der Waals surface area contributed by atoms with Gasteiger partial charge in [-0.15, -0.1) is 0 Å². The molecule has 9 heteroatoms. The Balaban J connectivity index is 1.39. The fourth-order valence-corrected chi connectivity index (χ4v) is 3.73. The van der Waals surface area contributed by atoms with Gasteiger partial charge >= 0.3 is 0 Å². The second-order valence-electron chi connectivity index (χ2n) is 6.42. The summed E-state index contributed by atoms with van der Waals surface area (Å²) in [6.07, 6.45) is 4.61. The number of hydrogen-bond donors (Lipinski definition) is 0. The Labute approximate surface area is 157 Å². The summed E-state index contributed by atoms with van der Waals surface area (Å²) < 4.78 is 9.55. The normalized spacial score (nSPS) is 14.8. The number of hydrogen-bond acceptors (Lipinski definition) is 8. The van der Waals surface area contributed by atoms with Gasteiger partial charge in [0.1, 0.15) is 5.82 Å². The number of anilines is 1. The van der Waals surface area contributed by atoms with E-state index < -0.39 is 0 Å². The molecule has 2 aromatic heterocycles. The van der Waals surface area contributed by atoms with Crippen molar-refractivity contribution in [2.75, 3.05) is 31.1 Å². The average molecular weight is 379 g/mol. The average Bonchev–Trinajstić information content (AvgIpc) is 3.31. The molecule has 0 atom stereocenters. The van der Waals surface area contributed by atoms with E-state index >= 15 is 0 Å². The standard InChI is InChI=1S/C17H26N6O2S/c1-3-6-14-18-15(25-20-14)7-5-8-16(24)22-9-11-23(12-10-22)17-19-13(4-2)21-26-17/h3-12H2,1-2H3. The molecule has 0 saturated carbocycles. The minimum Gasteiger partial charge on any atom is -0.343 e. The molecule has 0 aliphatic carbocycles. The van der Waals surface area contributed by atoms with Gasteiger partial charge in [-0.05, 0) is 12.8 Å². The van der Waals surface area contributed by atoms with Crippen LogP contribution >= 0.6 is 11.5 Å². The third kappa shape index (κ3) is 4.78. The molecular weight excluding hydrogens is 352 g/mol. The number of rotatable bonds is 8. The van der Waals surface area contributed by atoms with Crippen LogP contribution in [-0.4, -0.2) is 56.5 Å². The fourth-order valence-electron chi connectivity index (χ4n) is 2.93. The highest BCUT2D eigenvalue weighted by Gasteiger charge is 2.23. The van der Waals surface area contributed by atoms with Gasteiger partial charge in [0.25, 0.3) is 0 Å². The van der Waals surface area contributed by atoms with Gasteiger partial charge in [-0.25, -0.2) is 4.98 Å². The van der Waals surface area contributed by atoms with Crippen LogP contribution in [0.5, 0.6) is 0 Å². The van der Waals surface area contributed by atoms with E-state index in [1.54, 1.807) is 0 Å². The van der Waals surface area contributed by atoms with E-state index in [9.17, 15) is 4.79 Å². The van der Waals surface area contributed by atoms with Crippen molar-refractivity contribution in [3.05, 3.63) is 17.5 Å². The highest BCUT2D eigenvalue weighted by atomic mass is 32.1. The van der Waals surface area contributed by atoms with Gasteiger partial charge in [0.15, 0.2) is 5.82 Å². The topological polar surface area (TPSA) is 88.3 Å². The van der Waals surface area contributed by atoms with Crippen LogP contribution in [0.3, 0.4) is 0 Å². The molecule has 26 heavy (non-hydrogen) atoms. The van der Waals surface area contributed by atoms with E-state index in [1.165, 1.54) is 11.5 Å². The molecule has 1 saturated heterocycles. The number of carbonyl (C=O) groups excluding carboxylic acids is 1. The summed E-state index contributed by atoms with van der Waals surface area (Å²) in [7, 11) is 0. The fraction of sp³-hybridized carbons (Fsp3) is 0.706. The maximum atomic E-state index is 12.4. The molecule has 1 aliphatic rings. The highest BCUT2D eigenvalue weighted by Crippen LogP contribution is 2.19. The van der Waals surface area contributed by atoms with Crippen LogP contribution in [0, 0.1) is 0 Å². The maximum absolute atomic E-state index is 12.4. The Bertz CT molecular complexity index is 708. The maximum Gasteiger partial charge on any atom is 0.226 e. The summed E-state index contributed by atoms with van der Waals surface area (Å²) in [5.41, 5.74) is 0. The quantitative estimate of drug-likeness (QED) is 0.695. The lowest BCUT2D eigenvalue weighted by Crippen LogP contribution is -2.48. The Kier molecular flexibility index (Phi) is 6.54. The van der Waals surface area contributed by atoms with Crippen LogP contribution in [-0.2, 0) is 24.1 Å². The molecular formula is C17H26N6O2S. The summed E-state index contributed by atoms with van der Waals surface area (Å²) >= 11 is 1.45. The van der Waals surface area contributed by atoms with Crippen molar-refractivity contribution in [2.45, 2.75) is 52.4 Å². The first-order valence-electron chi connectivity index (χ1n) is 9.36. The molecule has 3 heterocycles. The SMILES string of the molecule is CCCc1noc(CCCC(=O)N2CCN(c3nc(CC)ns3)CC2)n1. The largest absolute Gasteiger partial charge is 0.343 e. The first-order valence-corrected chi connectivity index (χ1v) is 10.1. The van der Waals surface area contributed by atoms with Crippen LogP contribution < -0.4 is 4.90 Å². The lowest BCUT2D eigenvalue weighted by atomic mass is 10.2. The number of amides is 1. The van der Waals surface area contributed by atoms with Crippen molar-refractivity contribution in [3.63, 3.8) is 0 Å². The molecule has 0 unspecified atom stereocenters. The highest BCUT2D eigenvalue weighted by molar-refractivity contribution is 7.09. The monoisotopic (exact) mass is 378 g/mol. The zero-order chi connectivity index (χ0) is 18.4. The number of carbonyl (C=O) groups is 1. The summed E-state index contributed by atoms with van der Waals surface area (Å²) in [5, 5.41) is 4.91. The molecule has 3 rings (SSSR count). The van der Waals surface area contributed by atoms with Crippen LogP contribution in [0.25, 0.3) is 0 Å². The van der Waals surface area contributed by atoms with E-state index in [1.807, 2.05) is 4.90 Å². The van der Waals surface area contributed by atoms with E-state index in [2.05, 4.69) is 38.2 Å².